The Balaban J connectivity index is 1.81. The molecular weight excluding hydrogens is 608 g/mol. The van der Waals surface area contributed by atoms with Crippen LogP contribution in [0.3, 0.4) is 0 Å². The van der Waals surface area contributed by atoms with Gasteiger partial charge in [-0.05, 0) is 18.2 Å². The molecule has 3 aromatic rings. The molecule has 17 nitrogen and oxygen atoms in total. The van der Waals surface area contributed by atoms with Gasteiger partial charge in [0.05, 0.1) is 20.3 Å². The van der Waals surface area contributed by atoms with E-state index in [1.165, 1.54) is 19.2 Å². The second kappa shape index (κ2) is 12.2. The van der Waals surface area contributed by atoms with Gasteiger partial charge in [0.15, 0.2) is 29.5 Å². The van der Waals surface area contributed by atoms with Crippen molar-refractivity contribution in [2.45, 2.75) is 60.7 Å². The van der Waals surface area contributed by atoms with Crippen LogP contribution in [0.15, 0.2) is 39.5 Å². The number of ether oxygens (including phenoxy) is 4. The topological polar surface area (TPSA) is 290 Å². The van der Waals surface area contributed by atoms with Gasteiger partial charge in [-0.1, -0.05) is 0 Å². The van der Waals surface area contributed by atoms with Gasteiger partial charge in [0.1, 0.15) is 65.2 Å². The molecule has 45 heavy (non-hydrogen) atoms. The molecule has 0 saturated carbocycles. The fourth-order valence-electron chi connectivity index (χ4n) is 5.52. The molecule has 246 valence electrons. The lowest BCUT2D eigenvalue weighted by atomic mass is 9.83. The van der Waals surface area contributed by atoms with E-state index in [-0.39, 0.29) is 16.9 Å². The van der Waals surface area contributed by atoms with Gasteiger partial charge in [-0.25, -0.2) is 0 Å². The van der Waals surface area contributed by atoms with Crippen LogP contribution in [0.4, 0.5) is 0 Å². The standard InChI is InChI=1S/C28H32O17/c1-41-13-3-2-9(4-11(13)32)24-25(20(36)17-12(33)5-10(31)6-14(17)42-24)45-28(26(40)22(38)19(35)16(8-30)44-28)27-23(39)21(37)18(34)15(7-29)43-27/h2-6,15-16,18-19,21-23,26-27,29-35,37-40H,7-8H2,1H3. The third-order valence-corrected chi connectivity index (χ3v) is 7.89. The Morgan fingerprint density at radius 2 is 1.49 bits per heavy atom. The van der Waals surface area contributed by atoms with Crippen LogP contribution in [-0.2, 0) is 9.47 Å². The summed E-state index contributed by atoms with van der Waals surface area (Å²) in [4.78, 5) is 14.0. The molecule has 2 aliphatic rings. The Bertz CT molecular complexity index is 1600. The average molecular weight is 641 g/mol. The molecule has 2 aromatic carbocycles. The highest BCUT2D eigenvalue weighted by Gasteiger charge is 2.65. The number of phenolic OH excluding ortho intramolecular Hbond substituents is 3. The van der Waals surface area contributed by atoms with E-state index in [0.717, 1.165) is 18.2 Å². The maximum absolute atomic E-state index is 14.0. The first-order chi connectivity index (χ1) is 21.3. The SMILES string of the molecule is COc1ccc(-c2oc3cc(O)cc(O)c3c(=O)c2OC2(C3OC(CO)C(O)C(O)C3O)OC(CO)C(O)C(O)C2O)cc1O. The van der Waals surface area contributed by atoms with E-state index in [2.05, 4.69) is 0 Å². The second-order valence-corrected chi connectivity index (χ2v) is 10.7. The number of aromatic hydroxyl groups is 3. The molecule has 0 bridgehead atoms. The van der Waals surface area contributed by atoms with Crippen LogP contribution in [0.25, 0.3) is 22.3 Å². The van der Waals surface area contributed by atoms with Crippen molar-refractivity contribution in [1.82, 2.24) is 0 Å². The summed E-state index contributed by atoms with van der Waals surface area (Å²) in [5, 5.41) is 115. The zero-order valence-electron chi connectivity index (χ0n) is 23.4. The molecule has 2 saturated heterocycles. The van der Waals surface area contributed by atoms with Gasteiger partial charge in [-0.2, -0.15) is 0 Å². The van der Waals surface area contributed by atoms with Crippen molar-refractivity contribution in [3.05, 3.63) is 40.6 Å². The maximum Gasteiger partial charge on any atom is 0.269 e. The first-order valence-corrected chi connectivity index (χ1v) is 13.5. The van der Waals surface area contributed by atoms with E-state index < -0.39 is 114 Å². The highest BCUT2D eigenvalue weighted by atomic mass is 16.8. The number of methoxy groups -OCH3 is 1. The number of benzene rings is 2. The van der Waals surface area contributed by atoms with Crippen molar-refractivity contribution in [3.63, 3.8) is 0 Å². The molecule has 10 unspecified atom stereocenters. The van der Waals surface area contributed by atoms with Gasteiger partial charge in [0, 0.05) is 17.7 Å². The summed E-state index contributed by atoms with van der Waals surface area (Å²) in [5.74, 6) is -6.25. The molecule has 5 rings (SSSR count). The van der Waals surface area contributed by atoms with Crippen LogP contribution >= 0.6 is 0 Å². The molecule has 2 fully saturated rings. The molecule has 11 N–H and O–H groups in total. The van der Waals surface area contributed by atoms with Gasteiger partial charge in [0.2, 0.25) is 11.2 Å². The summed E-state index contributed by atoms with van der Waals surface area (Å²) < 4.78 is 28.2. The van der Waals surface area contributed by atoms with Gasteiger partial charge >= 0.3 is 0 Å². The van der Waals surface area contributed by atoms with Crippen LogP contribution < -0.4 is 14.9 Å². The minimum atomic E-state index is -3.04. The number of hydrogen-bond donors (Lipinski definition) is 11. The number of aliphatic hydroxyl groups is 8. The fourth-order valence-corrected chi connectivity index (χ4v) is 5.52. The van der Waals surface area contributed by atoms with Gasteiger partial charge in [-0.15, -0.1) is 0 Å². The molecule has 3 heterocycles. The highest BCUT2D eigenvalue weighted by Crippen LogP contribution is 2.44. The molecule has 10 atom stereocenters. The first kappa shape index (κ1) is 32.6. The number of rotatable bonds is 7. The van der Waals surface area contributed by atoms with Crippen molar-refractivity contribution >= 4 is 11.0 Å². The van der Waals surface area contributed by atoms with Crippen LogP contribution in [-0.4, -0.2) is 137 Å². The molecule has 0 amide bonds. The monoisotopic (exact) mass is 640 g/mol. The van der Waals surface area contributed by atoms with Crippen molar-refractivity contribution < 1.29 is 79.5 Å². The summed E-state index contributed by atoms with van der Waals surface area (Å²) >= 11 is 0. The van der Waals surface area contributed by atoms with E-state index in [1.54, 1.807) is 0 Å². The van der Waals surface area contributed by atoms with Crippen molar-refractivity contribution in [2.75, 3.05) is 20.3 Å². The quantitative estimate of drug-likeness (QED) is 0.122. The lowest BCUT2D eigenvalue weighted by molar-refractivity contribution is -0.396. The van der Waals surface area contributed by atoms with E-state index in [0.29, 0.717) is 0 Å². The normalized spacial score (nSPS) is 33.7. The Morgan fingerprint density at radius 1 is 0.822 bits per heavy atom. The summed E-state index contributed by atoms with van der Waals surface area (Å²) in [6.07, 6.45) is -18.5. The molecule has 2 aliphatic heterocycles. The molecule has 0 radical (unpaired) electrons. The smallest absolute Gasteiger partial charge is 0.269 e. The van der Waals surface area contributed by atoms with Crippen LogP contribution in [0.2, 0.25) is 0 Å². The van der Waals surface area contributed by atoms with Crippen molar-refractivity contribution in [1.29, 1.82) is 0 Å². The summed E-state index contributed by atoms with van der Waals surface area (Å²) in [6, 6.07) is 5.44. The predicted molar refractivity (Wildman–Crippen MR) is 147 cm³/mol. The van der Waals surface area contributed by atoms with Crippen LogP contribution in [0.5, 0.6) is 28.7 Å². The average Bonchev–Trinajstić information content (AvgIpc) is 3.01. The minimum absolute atomic E-state index is 0.00589. The van der Waals surface area contributed by atoms with E-state index >= 15 is 0 Å². The van der Waals surface area contributed by atoms with E-state index in [4.69, 9.17) is 23.4 Å². The third-order valence-electron chi connectivity index (χ3n) is 7.89. The number of phenols is 3. The molecular formula is C28H32O17. The number of hydrogen-bond acceptors (Lipinski definition) is 17. The van der Waals surface area contributed by atoms with Gasteiger partial charge in [0.25, 0.3) is 5.79 Å². The van der Waals surface area contributed by atoms with E-state index in [1.807, 2.05) is 0 Å². The lowest BCUT2D eigenvalue weighted by Crippen LogP contribution is -2.77. The fraction of sp³-hybridized carbons (Fsp3) is 0.464. The van der Waals surface area contributed by atoms with Crippen LogP contribution in [0, 0.1) is 0 Å². The third kappa shape index (κ3) is 5.32. The van der Waals surface area contributed by atoms with Crippen molar-refractivity contribution in [3.8, 4) is 40.1 Å². The maximum atomic E-state index is 14.0. The Kier molecular flexibility index (Phi) is 8.86. The predicted octanol–water partition coefficient (Wildman–Crippen LogP) is -3.02. The Hall–Kier alpha value is -3.75. The summed E-state index contributed by atoms with van der Waals surface area (Å²) in [5.41, 5.74) is -1.68. The van der Waals surface area contributed by atoms with Gasteiger partial charge in [-0.3, -0.25) is 4.79 Å². The molecule has 0 spiro atoms. The Morgan fingerprint density at radius 3 is 2.11 bits per heavy atom. The minimum Gasteiger partial charge on any atom is -0.508 e. The number of aliphatic hydroxyl groups excluding tert-OH is 8. The summed E-state index contributed by atoms with van der Waals surface area (Å²) in [7, 11) is 1.27. The molecule has 1 aromatic heterocycles. The zero-order valence-corrected chi connectivity index (χ0v) is 23.4. The number of fused-ring (bicyclic) bond motifs is 1. The Labute approximate surface area is 252 Å². The largest absolute Gasteiger partial charge is 0.508 e. The molecule has 0 aliphatic carbocycles. The van der Waals surface area contributed by atoms with Crippen molar-refractivity contribution in [2.24, 2.45) is 0 Å². The molecule has 17 heteroatoms. The first-order valence-electron chi connectivity index (χ1n) is 13.5. The van der Waals surface area contributed by atoms with Gasteiger partial charge < -0.3 is 79.5 Å². The lowest BCUT2D eigenvalue weighted by Gasteiger charge is -2.54. The second-order valence-electron chi connectivity index (χ2n) is 10.7. The zero-order chi connectivity index (χ0) is 33.0. The van der Waals surface area contributed by atoms with Crippen LogP contribution in [0.1, 0.15) is 0 Å². The van der Waals surface area contributed by atoms with E-state index in [9.17, 15) is 61.0 Å². The highest BCUT2D eigenvalue weighted by molar-refractivity contribution is 5.88. The summed E-state index contributed by atoms with van der Waals surface area (Å²) in [6.45, 7) is -1.98.